The summed E-state index contributed by atoms with van der Waals surface area (Å²) in [6.45, 7) is 3.37. The van der Waals surface area contributed by atoms with Gasteiger partial charge in [0.2, 0.25) is 5.91 Å². The van der Waals surface area contributed by atoms with E-state index in [2.05, 4.69) is 19.2 Å². The number of hydrogen-bond acceptors (Lipinski definition) is 10. The van der Waals surface area contributed by atoms with Crippen molar-refractivity contribution in [3.05, 3.63) is 0 Å². The Bertz CT molecular complexity index is 913. The van der Waals surface area contributed by atoms with Gasteiger partial charge in [0, 0.05) is 0 Å². The van der Waals surface area contributed by atoms with Crippen LogP contribution in [0.5, 0.6) is 0 Å². The molecule has 0 aliphatic carbocycles. The van der Waals surface area contributed by atoms with Crippen LogP contribution in [0, 0.1) is 0 Å². The molecule has 0 saturated carbocycles. The van der Waals surface area contributed by atoms with E-state index in [0.29, 0.717) is 19.3 Å². The van der Waals surface area contributed by atoms with Crippen LogP contribution in [0.3, 0.4) is 0 Å². The second-order valence-corrected chi connectivity index (χ2v) is 17.5. The maximum Gasteiger partial charge on any atom is 0.249 e. The van der Waals surface area contributed by atoms with Crippen molar-refractivity contribution in [3.63, 3.8) is 0 Å². The highest BCUT2D eigenvalue weighted by molar-refractivity contribution is 5.80. The predicted molar refractivity (Wildman–Crippen MR) is 233 cm³/mol. The Hall–Kier alpha value is -0.890. The number of aliphatic hydroxyl groups excluding tert-OH is 7. The average molecular weight is 832 g/mol. The molecule has 11 nitrogen and oxygen atoms in total. The van der Waals surface area contributed by atoms with Crippen LogP contribution in [0.2, 0.25) is 0 Å². The summed E-state index contributed by atoms with van der Waals surface area (Å²) < 4.78 is 11.0. The third-order valence-corrected chi connectivity index (χ3v) is 12.2. The summed E-state index contributed by atoms with van der Waals surface area (Å²) in [7, 11) is 0. The lowest BCUT2D eigenvalue weighted by Crippen LogP contribution is -2.60. The lowest BCUT2D eigenvalue weighted by molar-refractivity contribution is -0.303. The minimum absolute atomic E-state index is 0.266. The number of aliphatic hydroxyl groups is 7. The maximum atomic E-state index is 13.0. The minimum Gasteiger partial charge on any atom is -0.394 e. The Kier molecular flexibility index (Phi) is 36.0. The van der Waals surface area contributed by atoms with Gasteiger partial charge in [0.25, 0.3) is 0 Å². The van der Waals surface area contributed by atoms with Gasteiger partial charge >= 0.3 is 0 Å². The maximum absolute atomic E-state index is 13.0. The average Bonchev–Trinajstić information content (AvgIpc) is 3.22. The molecule has 1 aliphatic rings. The molecule has 0 aromatic heterocycles. The molecule has 1 aliphatic heterocycles. The normalized spacial score (nSPS) is 21.8. The fraction of sp³-hybridized carbons (Fsp3) is 0.979. The second kappa shape index (κ2) is 37.8. The van der Waals surface area contributed by atoms with E-state index >= 15 is 0 Å². The van der Waals surface area contributed by atoms with Crippen molar-refractivity contribution in [1.82, 2.24) is 5.32 Å². The van der Waals surface area contributed by atoms with Crippen LogP contribution in [-0.2, 0) is 14.3 Å². The van der Waals surface area contributed by atoms with Crippen LogP contribution in [0.4, 0.5) is 0 Å². The molecule has 0 aromatic rings. The Morgan fingerprint density at radius 1 is 0.534 bits per heavy atom. The van der Waals surface area contributed by atoms with Gasteiger partial charge in [-0.05, 0) is 12.8 Å². The SMILES string of the molecule is CCCCCCCCCCCCCCCCCCCCCCCCCCCC(O)C(=O)NC(COC1OC(CO)C(O)C(O)C1O)C(O)C(O)CCCCCCCC. The monoisotopic (exact) mass is 832 g/mol. The van der Waals surface area contributed by atoms with E-state index in [1.54, 1.807) is 0 Å². The van der Waals surface area contributed by atoms with E-state index in [9.17, 15) is 40.5 Å². The molecule has 0 bridgehead atoms. The largest absolute Gasteiger partial charge is 0.394 e. The van der Waals surface area contributed by atoms with Crippen LogP contribution in [0.25, 0.3) is 0 Å². The molecule has 9 atom stereocenters. The van der Waals surface area contributed by atoms with Crippen LogP contribution in [0.1, 0.15) is 226 Å². The standard InChI is InChI=1S/C47H93NO10/c1-3-5-7-9-11-12-13-14-15-16-17-18-19-20-21-22-23-24-25-26-27-28-29-31-33-35-40(51)46(56)48-38(42(52)39(50)34-32-30-10-8-6-4-2)37-57-47-45(55)44(54)43(53)41(36-49)58-47/h38-45,47,49-55H,3-37H2,1-2H3,(H,48,56). The van der Waals surface area contributed by atoms with Gasteiger partial charge in [0.1, 0.15) is 36.6 Å². The molecular formula is C47H93NO10. The molecule has 1 heterocycles. The first-order valence-corrected chi connectivity index (χ1v) is 24.4. The zero-order valence-corrected chi connectivity index (χ0v) is 37.3. The number of carbonyl (C=O) groups is 1. The Balaban J connectivity index is 2.21. The van der Waals surface area contributed by atoms with Gasteiger partial charge in [-0.15, -0.1) is 0 Å². The summed E-state index contributed by atoms with van der Waals surface area (Å²) in [6, 6.07) is -1.16. The molecular weight excluding hydrogens is 739 g/mol. The van der Waals surface area contributed by atoms with E-state index in [0.717, 1.165) is 51.4 Å². The highest BCUT2D eigenvalue weighted by atomic mass is 16.7. The zero-order chi connectivity index (χ0) is 42.6. The smallest absolute Gasteiger partial charge is 0.249 e. The quantitative estimate of drug-likeness (QED) is 0.0279. The first-order valence-electron chi connectivity index (χ1n) is 24.4. The number of unbranched alkanes of at least 4 members (excludes halogenated alkanes) is 29. The van der Waals surface area contributed by atoms with Gasteiger partial charge in [-0.3, -0.25) is 4.79 Å². The van der Waals surface area contributed by atoms with Crippen molar-refractivity contribution in [2.75, 3.05) is 13.2 Å². The van der Waals surface area contributed by atoms with E-state index < -0.39 is 74.2 Å². The first kappa shape index (κ1) is 55.1. The molecule has 11 heteroatoms. The molecule has 346 valence electrons. The number of nitrogens with one attached hydrogen (secondary N) is 1. The number of hydrogen-bond donors (Lipinski definition) is 8. The van der Waals surface area contributed by atoms with E-state index in [1.165, 1.54) is 135 Å². The van der Waals surface area contributed by atoms with E-state index in [-0.39, 0.29) is 6.42 Å². The summed E-state index contributed by atoms with van der Waals surface area (Å²) in [5.74, 6) is -0.697. The van der Waals surface area contributed by atoms with Crippen LogP contribution >= 0.6 is 0 Å². The van der Waals surface area contributed by atoms with Crippen molar-refractivity contribution < 1.29 is 50.0 Å². The minimum atomic E-state index is -1.65. The van der Waals surface area contributed by atoms with Crippen molar-refractivity contribution in [1.29, 1.82) is 0 Å². The van der Waals surface area contributed by atoms with Gasteiger partial charge in [-0.2, -0.15) is 0 Å². The van der Waals surface area contributed by atoms with Gasteiger partial charge < -0.3 is 50.5 Å². The zero-order valence-electron chi connectivity index (χ0n) is 37.3. The number of rotatable bonds is 41. The first-order chi connectivity index (χ1) is 28.2. The Labute approximate surface area is 354 Å². The molecule has 0 radical (unpaired) electrons. The molecule has 58 heavy (non-hydrogen) atoms. The summed E-state index contributed by atoms with van der Waals surface area (Å²) in [6.07, 6.45) is 27.9. The van der Waals surface area contributed by atoms with E-state index in [4.69, 9.17) is 9.47 Å². The van der Waals surface area contributed by atoms with Gasteiger partial charge in [0.05, 0.1) is 25.4 Å². The van der Waals surface area contributed by atoms with Crippen LogP contribution in [-0.4, -0.2) is 110 Å². The molecule has 1 saturated heterocycles. The van der Waals surface area contributed by atoms with Crippen molar-refractivity contribution in [2.24, 2.45) is 0 Å². The van der Waals surface area contributed by atoms with Crippen LogP contribution < -0.4 is 5.32 Å². The van der Waals surface area contributed by atoms with Crippen molar-refractivity contribution >= 4 is 5.91 Å². The van der Waals surface area contributed by atoms with Crippen molar-refractivity contribution in [2.45, 2.75) is 281 Å². The summed E-state index contributed by atoms with van der Waals surface area (Å²) in [5, 5.41) is 75.2. The molecule has 1 amide bonds. The highest BCUT2D eigenvalue weighted by Gasteiger charge is 2.44. The lowest BCUT2D eigenvalue weighted by atomic mass is 9.98. The van der Waals surface area contributed by atoms with E-state index in [1.807, 2.05) is 0 Å². The topological polar surface area (TPSA) is 189 Å². The Morgan fingerprint density at radius 3 is 1.28 bits per heavy atom. The molecule has 1 rings (SSSR count). The summed E-state index contributed by atoms with van der Waals surface area (Å²) in [4.78, 5) is 13.0. The van der Waals surface area contributed by atoms with Crippen molar-refractivity contribution in [3.8, 4) is 0 Å². The molecule has 8 N–H and O–H groups in total. The molecule has 0 aromatic carbocycles. The molecule has 1 fully saturated rings. The lowest BCUT2D eigenvalue weighted by Gasteiger charge is -2.40. The van der Waals surface area contributed by atoms with Crippen LogP contribution in [0.15, 0.2) is 0 Å². The predicted octanol–water partition coefficient (Wildman–Crippen LogP) is 8.28. The highest BCUT2D eigenvalue weighted by Crippen LogP contribution is 2.23. The third kappa shape index (κ3) is 27.1. The summed E-state index contributed by atoms with van der Waals surface area (Å²) >= 11 is 0. The molecule has 9 unspecified atom stereocenters. The molecule has 0 spiro atoms. The number of carbonyl (C=O) groups excluding carboxylic acids is 1. The fourth-order valence-corrected chi connectivity index (χ4v) is 8.09. The Morgan fingerprint density at radius 2 is 0.897 bits per heavy atom. The fourth-order valence-electron chi connectivity index (χ4n) is 8.09. The number of amides is 1. The third-order valence-electron chi connectivity index (χ3n) is 12.2. The second-order valence-electron chi connectivity index (χ2n) is 17.5. The summed E-state index contributed by atoms with van der Waals surface area (Å²) in [5.41, 5.74) is 0. The van der Waals surface area contributed by atoms with Gasteiger partial charge in [-0.25, -0.2) is 0 Å². The van der Waals surface area contributed by atoms with Gasteiger partial charge in [-0.1, -0.05) is 213 Å². The number of ether oxygens (including phenoxy) is 2. The van der Waals surface area contributed by atoms with Gasteiger partial charge in [0.15, 0.2) is 6.29 Å².